The molecular formula is C14H17Cl2NO4. The molecule has 2 N–H and O–H groups in total. The van der Waals surface area contributed by atoms with E-state index in [2.05, 4.69) is 5.32 Å². The number of carboxylic acid groups (broad SMARTS) is 1. The maximum Gasteiger partial charge on any atom is 0.326 e. The summed E-state index contributed by atoms with van der Waals surface area (Å²) in [6.07, 6.45) is 0.346. The maximum atomic E-state index is 11.7. The van der Waals surface area contributed by atoms with Crippen LogP contribution in [-0.2, 0) is 9.59 Å². The Balaban J connectivity index is 2.56. The summed E-state index contributed by atoms with van der Waals surface area (Å²) in [5, 5.41) is 12.2. The number of amides is 1. The third-order valence-electron chi connectivity index (χ3n) is 2.59. The lowest BCUT2D eigenvalue weighted by Crippen LogP contribution is -2.43. The van der Waals surface area contributed by atoms with E-state index >= 15 is 0 Å². The highest BCUT2D eigenvalue weighted by atomic mass is 35.5. The number of aliphatic carboxylic acids is 1. The molecule has 0 aliphatic carbocycles. The van der Waals surface area contributed by atoms with Gasteiger partial charge in [0, 0.05) is 11.1 Å². The summed E-state index contributed by atoms with van der Waals surface area (Å²) in [6, 6.07) is 3.70. The lowest BCUT2D eigenvalue weighted by atomic mass is 10.0. The van der Waals surface area contributed by atoms with Gasteiger partial charge in [-0.05, 0) is 24.5 Å². The highest BCUT2D eigenvalue weighted by molar-refractivity contribution is 6.34. The highest BCUT2D eigenvalue weighted by Gasteiger charge is 2.21. The summed E-state index contributed by atoms with van der Waals surface area (Å²) >= 11 is 11.7. The average Bonchev–Trinajstić information content (AvgIpc) is 2.38. The molecule has 0 unspecified atom stereocenters. The highest BCUT2D eigenvalue weighted by Crippen LogP contribution is 2.27. The quantitative estimate of drug-likeness (QED) is 0.804. The molecule has 0 aliphatic heterocycles. The third-order valence-corrected chi connectivity index (χ3v) is 3.14. The molecule has 0 heterocycles. The number of nitrogens with one attached hydrogen (secondary N) is 1. The molecule has 0 radical (unpaired) electrons. The van der Waals surface area contributed by atoms with Crippen LogP contribution in [0.4, 0.5) is 0 Å². The maximum absolute atomic E-state index is 11.7. The fourth-order valence-electron chi connectivity index (χ4n) is 1.66. The van der Waals surface area contributed by atoms with E-state index in [9.17, 15) is 9.59 Å². The molecule has 5 nitrogen and oxygen atoms in total. The summed E-state index contributed by atoms with van der Waals surface area (Å²) in [7, 11) is 0. The van der Waals surface area contributed by atoms with Gasteiger partial charge in [-0.3, -0.25) is 4.79 Å². The first-order chi connectivity index (χ1) is 9.79. The number of rotatable bonds is 7. The number of carboxylic acids is 1. The van der Waals surface area contributed by atoms with Crippen molar-refractivity contribution in [2.75, 3.05) is 6.61 Å². The zero-order valence-corrected chi connectivity index (χ0v) is 13.2. The summed E-state index contributed by atoms with van der Waals surface area (Å²) in [5.41, 5.74) is 0. The van der Waals surface area contributed by atoms with E-state index in [-0.39, 0.29) is 18.3 Å². The Bertz CT molecular complexity index is 520. The van der Waals surface area contributed by atoms with Crippen LogP contribution in [0.3, 0.4) is 0 Å². The molecule has 1 rings (SSSR count). The molecule has 21 heavy (non-hydrogen) atoms. The van der Waals surface area contributed by atoms with Crippen molar-refractivity contribution >= 4 is 35.1 Å². The average molecular weight is 334 g/mol. The standard InChI is InChI=1S/C14H17Cl2NO4/c1-8(2)5-11(14(19)20)17-13(18)7-21-12-6-9(15)3-4-10(12)16/h3-4,6,8,11H,5,7H2,1-2H3,(H,17,18)(H,19,20)/t11-/m0/s1. The summed E-state index contributed by atoms with van der Waals surface area (Å²) in [5.74, 6) is -1.18. The minimum atomic E-state index is -1.07. The molecular weight excluding hydrogens is 317 g/mol. The number of hydrogen-bond donors (Lipinski definition) is 2. The van der Waals surface area contributed by atoms with E-state index < -0.39 is 17.9 Å². The summed E-state index contributed by atoms with van der Waals surface area (Å²) in [4.78, 5) is 22.8. The molecule has 1 atom stereocenters. The van der Waals surface area contributed by atoms with Gasteiger partial charge in [0.15, 0.2) is 6.61 Å². The second-order valence-corrected chi connectivity index (χ2v) is 5.79. The van der Waals surface area contributed by atoms with Crippen molar-refractivity contribution in [3.63, 3.8) is 0 Å². The van der Waals surface area contributed by atoms with Gasteiger partial charge >= 0.3 is 5.97 Å². The third kappa shape index (κ3) is 6.23. The van der Waals surface area contributed by atoms with Crippen molar-refractivity contribution in [1.82, 2.24) is 5.32 Å². The van der Waals surface area contributed by atoms with Crippen molar-refractivity contribution in [2.45, 2.75) is 26.3 Å². The number of benzene rings is 1. The number of halogens is 2. The van der Waals surface area contributed by atoms with Crippen LogP contribution in [0.2, 0.25) is 10.0 Å². The Hall–Kier alpha value is -1.46. The van der Waals surface area contributed by atoms with E-state index in [0.29, 0.717) is 16.5 Å². The van der Waals surface area contributed by atoms with E-state index in [1.807, 2.05) is 13.8 Å². The van der Waals surface area contributed by atoms with Crippen molar-refractivity contribution in [3.05, 3.63) is 28.2 Å². The Labute approximate surface area is 133 Å². The minimum Gasteiger partial charge on any atom is -0.482 e. The number of carbonyl (C=O) groups excluding carboxylic acids is 1. The first-order valence-electron chi connectivity index (χ1n) is 6.39. The number of ether oxygens (including phenoxy) is 1. The normalized spacial score (nSPS) is 12.0. The molecule has 0 aliphatic rings. The SMILES string of the molecule is CC(C)C[C@H](NC(=O)COc1cc(Cl)ccc1Cl)C(=O)O. The van der Waals surface area contributed by atoms with Gasteiger partial charge < -0.3 is 15.2 Å². The van der Waals surface area contributed by atoms with Gasteiger partial charge in [0.05, 0.1) is 5.02 Å². The van der Waals surface area contributed by atoms with Crippen LogP contribution in [0.5, 0.6) is 5.75 Å². The van der Waals surface area contributed by atoms with Gasteiger partial charge in [-0.25, -0.2) is 4.79 Å². The predicted octanol–water partition coefficient (Wildman–Crippen LogP) is 2.99. The Morgan fingerprint density at radius 3 is 2.57 bits per heavy atom. The van der Waals surface area contributed by atoms with Crippen LogP contribution < -0.4 is 10.1 Å². The fraction of sp³-hybridized carbons (Fsp3) is 0.429. The lowest BCUT2D eigenvalue weighted by molar-refractivity contribution is -0.142. The van der Waals surface area contributed by atoms with Crippen LogP contribution in [0.25, 0.3) is 0 Å². The first kappa shape index (κ1) is 17.6. The van der Waals surface area contributed by atoms with Gasteiger partial charge in [-0.1, -0.05) is 37.0 Å². The van der Waals surface area contributed by atoms with Crippen LogP contribution in [0.1, 0.15) is 20.3 Å². The molecule has 0 saturated heterocycles. The van der Waals surface area contributed by atoms with Crippen molar-refractivity contribution in [3.8, 4) is 5.75 Å². The zero-order valence-electron chi connectivity index (χ0n) is 11.7. The van der Waals surface area contributed by atoms with Gasteiger partial charge in [0.2, 0.25) is 0 Å². The largest absolute Gasteiger partial charge is 0.482 e. The van der Waals surface area contributed by atoms with Gasteiger partial charge in [-0.2, -0.15) is 0 Å². The molecule has 0 fully saturated rings. The van der Waals surface area contributed by atoms with Gasteiger partial charge in [0.25, 0.3) is 5.91 Å². The van der Waals surface area contributed by atoms with Crippen molar-refractivity contribution in [2.24, 2.45) is 5.92 Å². The topological polar surface area (TPSA) is 75.6 Å². The Morgan fingerprint density at radius 2 is 2.00 bits per heavy atom. The molecule has 116 valence electrons. The van der Waals surface area contributed by atoms with E-state index in [4.69, 9.17) is 33.0 Å². The molecule has 1 amide bonds. The van der Waals surface area contributed by atoms with Crippen molar-refractivity contribution < 1.29 is 19.4 Å². The van der Waals surface area contributed by atoms with E-state index in [0.717, 1.165) is 0 Å². The van der Waals surface area contributed by atoms with Crippen LogP contribution in [-0.4, -0.2) is 29.6 Å². The lowest BCUT2D eigenvalue weighted by Gasteiger charge is -2.16. The van der Waals surface area contributed by atoms with Crippen LogP contribution >= 0.6 is 23.2 Å². The second kappa shape index (κ2) is 8.10. The molecule has 0 aromatic heterocycles. The predicted molar refractivity (Wildman–Crippen MR) is 81.0 cm³/mol. The van der Waals surface area contributed by atoms with Gasteiger partial charge in [-0.15, -0.1) is 0 Å². The Morgan fingerprint density at radius 1 is 1.33 bits per heavy atom. The summed E-state index contributed by atoms with van der Waals surface area (Å²) < 4.78 is 5.24. The number of carbonyl (C=O) groups is 2. The van der Waals surface area contributed by atoms with E-state index in [1.54, 1.807) is 12.1 Å². The smallest absolute Gasteiger partial charge is 0.326 e. The molecule has 0 bridgehead atoms. The molecule has 7 heteroatoms. The fourth-order valence-corrected chi connectivity index (χ4v) is 1.99. The minimum absolute atomic E-state index is 0.148. The van der Waals surface area contributed by atoms with Gasteiger partial charge in [0.1, 0.15) is 11.8 Å². The molecule has 0 spiro atoms. The number of hydrogen-bond acceptors (Lipinski definition) is 3. The Kier molecular flexibility index (Phi) is 6.78. The van der Waals surface area contributed by atoms with Crippen LogP contribution in [0, 0.1) is 5.92 Å². The monoisotopic (exact) mass is 333 g/mol. The van der Waals surface area contributed by atoms with E-state index in [1.165, 1.54) is 6.07 Å². The molecule has 1 aromatic carbocycles. The van der Waals surface area contributed by atoms with Crippen LogP contribution in [0.15, 0.2) is 18.2 Å². The summed E-state index contributed by atoms with van der Waals surface area (Å²) in [6.45, 7) is 3.43. The second-order valence-electron chi connectivity index (χ2n) is 4.95. The first-order valence-corrected chi connectivity index (χ1v) is 7.15. The zero-order chi connectivity index (χ0) is 16.0. The molecule has 0 saturated carbocycles. The van der Waals surface area contributed by atoms with Crippen molar-refractivity contribution in [1.29, 1.82) is 0 Å². The molecule has 1 aromatic rings.